The molecular weight excluding hydrogens is 338 g/mol. The summed E-state index contributed by atoms with van der Waals surface area (Å²) in [5, 5.41) is 10.2. The molecule has 6 nitrogen and oxygen atoms in total. The normalized spacial score (nSPS) is 16.3. The number of carboxylic acids is 1. The molecule has 1 aromatic rings. The second kappa shape index (κ2) is 7.16. The third kappa shape index (κ3) is 4.52. The fraction of sp³-hybridized carbons (Fsp3) is 0.471. The summed E-state index contributed by atoms with van der Waals surface area (Å²) in [5.74, 6) is -8.97. The van der Waals surface area contributed by atoms with Gasteiger partial charge in [0, 0.05) is 0 Å². The summed E-state index contributed by atoms with van der Waals surface area (Å²) in [4.78, 5) is 34.6. The Kier molecular flexibility index (Phi) is 5.39. The first-order valence-electron chi connectivity index (χ1n) is 7.73. The van der Waals surface area contributed by atoms with E-state index in [1.807, 2.05) is 0 Å². The van der Waals surface area contributed by atoms with Crippen molar-refractivity contribution in [2.75, 3.05) is 6.61 Å². The van der Waals surface area contributed by atoms with Crippen LogP contribution in [0.4, 0.5) is 8.78 Å². The number of benzene rings is 1. The van der Waals surface area contributed by atoms with E-state index < -0.39 is 36.0 Å². The van der Waals surface area contributed by atoms with Gasteiger partial charge in [-0.2, -0.15) is 8.78 Å². The molecule has 0 saturated heterocycles. The molecule has 0 amide bonds. The Labute approximate surface area is 142 Å². The van der Waals surface area contributed by atoms with Gasteiger partial charge < -0.3 is 19.4 Å². The van der Waals surface area contributed by atoms with Crippen molar-refractivity contribution in [3.63, 3.8) is 0 Å². The van der Waals surface area contributed by atoms with Crippen molar-refractivity contribution in [2.45, 2.75) is 44.1 Å². The second-order valence-electron chi connectivity index (χ2n) is 6.16. The smallest absolute Gasteiger partial charge is 0.339 e. The topological polar surface area (TPSA) is 92.7 Å². The Bertz CT molecular complexity index is 679. The molecule has 0 N–H and O–H groups in total. The van der Waals surface area contributed by atoms with Crippen molar-refractivity contribution < 1.29 is 37.7 Å². The van der Waals surface area contributed by atoms with Gasteiger partial charge >= 0.3 is 17.9 Å². The lowest BCUT2D eigenvalue weighted by atomic mass is 10.0. The van der Waals surface area contributed by atoms with Gasteiger partial charge in [0.15, 0.2) is 6.61 Å². The Morgan fingerprint density at radius 3 is 2.16 bits per heavy atom. The van der Waals surface area contributed by atoms with Gasteiger partial charge in [0.1, 0.15) is 11.6 Å². The van der Waals surface area contributed by atoms with Crippen LogP contribution in [0.2, 0.25) is 0 Å². The fourth-order valence-electron chi connectivity index (χ4n) is 2.64. The van der Waals surface area contributed by atoms with Gasteiger partial charge in [-0.1, -0.05) is 12.1 Å². The highest BCUT2D eigenvalue weighted by Crippen LogP contribution is 2.33. The van der Waals surface area contributed by atoms with E-state index in [9.17, 15) is 28.3 Å². The number of carbonyl (C=O) groups is 3. The maximum atomic E-state index is 13.0. The van der Waals surface area contributed by atoms with Crippen LogP contribution in [-0.4, -0.2) is 36.0 Å². The summed E-state index contributed by atoms with van der Waals surface area (Å²) in [5.41, 5.74) is -1.03. The number of hydrogen-bond acceptors (Lipinski definition) is 6. The van der Waals surface area contributed by atoms with Crippen molar-refractivity contribution >= 4 is 17.9 Å². The monoisotopic (exact) mass is 355 g/mol. The summed E-state index contributed by atoms with van der Waals surface area (Å²) in [7, 11) is 0. The Balaban J connectivity index is 2.13. The Morgan fingerprint density at radius 2 is 1.64 bits per heavy atom. The molecule has 0 atom stereocenters. The van der Waals surface area contributed by atoms with E-state index in [2.05, 4.69) is 4.74 Å². The average Bonchev–Trinajstić information content (AvgIpc) is 2.98. The van der Waals surface area contributed by atoms with E-state index in [0.717, 1.165) is 12.8 Å². The number of carbonyl (C=O) groups excluding carboxylic acids is 3. The third-order valence-corrected chi connectivity index (χ3v) is 4.05. The molecule has 1 aliphatic carbocycles. The molecule has 1 fully saturated rings. The van der Waals surface area contributed by atoms with Gasteiger partial charge in [-0.3, -0.25) is 0 Å². The molecule has 8 heteroatoms. The van der Waals surface area contributed by atoms with E-state index in [4.69, 9.17) is 4.74 Å². The van der Waals surface area contributed by atoms with Crippen LogP contribution in [0.15, 0.2) is 24.3 Å². The molecule has 0 radical (unpaired) electrons. The predicted octanol–water partition coefficient (Wildman–Crippen LogP) is 1.72. The van der Waals surface area contributed by atoms with Gasteiger partial charge in [0.25, 0.3) is 0 Å². The molecule has 0 unspecified atom stereocenters. The van der Waals surface area contributed by atoms with Gasteiger partial charge in [-0.05, 0) is 44.7 Å². The van der Waals surface area contributed by atoms with E-state index >= 15 is 0 Å². The Morgan fingerprint density at radius 1 is 1.12 bits per heavy atom. The lowest BCUT2D eigenvalue weighted by molar-refractivity contribution is -0.331. The highest BCUT2D eigenvalue weighted by atomic mass is 19.3. The average molecular weight is 355 g/mol. The van der Waals surface area contributed by atoms with Crippen LogP contribution in [0.1, 0.15) is 53.3 Å². The SMILES string of the molecule is CC1(OC(=O)c2ccccc2C(=O)OCC(F)(F)C(=O)[O-])CCCC1. The zero-order valence-electron chi connectivity index (χ0n) is 13.6. The Hall–Kier alpha value is -2.51. The van der Waals surface area contributed by atoms with Crippen LogP contribution in [0.3, 0.4) is 0 Å². The first-order valence-corrected chi connectivity index (χ1v) is 7.73. The van der Waals surface area contributed by atoms with Crippen LogP contribution in [0.25, 0.3) is 0 Å². The van der Waals surface area contributed by atoms with Crippen LogP contribution in [0, 0.1) is 0 Å². The molecule has 136 valence electrons. The first kappa shape index (κ1) is 18.8. The molecule has 25 heavy (non-hydrogen) atoms. The summed E-state index contributed by atoms with van der Waals surface area (Å²) in [6.07, 6.45) is 3.24. The van der Waals surface area contributed by atoms with Crippen molar-refractivity contribution in [3.8, 4) is 0 Å². The highest BCUT2D eigenvalue weighted by Gasteiger charge is 2.35. The molecule has 1 saturated carbocycles. The second-order valence-corrected chi connectivity index (χ2v) is 6.16. The minimum absolute atomic E-state index is 0.127. The number of carboxylic acid groups (broad SMARTS) is 1. The molecular formula is C17H17F2O6-. The van der Waals surface area contributed by atoms with Gasteiger partial charge in [-0.15, -0.1) is 0 Å². The predicted molar refractivity (Wildman–Crippen MR) is 79.0 cm³/mol. The molecule has 0 aromatic heterocycles. The lowest BCUT2D eigenvalue weighted by Gasteiger charge is -2.24. The lowest BCUT2D eigenvalue weighted by Crippen LogP contribution is -2.45. The summed E-state index contributed by atoms with van der Waals surface area (Å²) < 4.78 is 35.7. The van der Waals surface area contributed by atoms with Crippen LogP contribution in [0.5, 0.6) is 0 Å². The number of aliphatic carboxylic acids is 1. The largest absolute Gasteiger partial charge is 0.544 e. The summed E-state index contributed by atoms with van der Waals surface area (Å²) in [6, 6.07) is 5.43. The fourth-order valence-corrected chi connectivity index (χ4v) is 2.64. The van der Waals surface area contributed by atoms with Crippen molar-refractivity contribution in [1.29, 1.82) is 0 Å². The zero-order chi connectivity index (χ0) is 18.7. The number of alkyl halides is 2. The maximum Gasteiger partial charge on any atom is 0.339 e. The maximum absolute atomic E-state index is 13.0. The molecule has 1 aliphatic rings. The number of esters is 2. The van der Waals surface area contributed by atoms with Crippen LogP contribution >= 0.6 is 0 Å². The quantitative estimate of drug-likeness (QED) is 0.722. The number of hydrogen-bond donors (Lipinski definition) is 0. The highest BCUT2D eigenvalue weighted by molar-refractivity contribution is 6.03. The standard InChI is InChI=1S/C17H18F2O6/c1-16(8-4-5-9-16)25-14(21)12-7-3-2-6-11(12)13(20)24-10-17(18,19)15(22)23/h2-3,6-7H,4-5,8-10H2,1H3,(H,22,23)/p-1. The van der Waals surface area contributed by atoms with Gasteiger partial charge in [-0.25, -0.2) is 9.59 Å². The van der Waals surface area contributed by atoms with Crippen LogP contribution < -0.4 is 5.11 Å². The summed E-state index contributed by atoms with van der Waals surface area (Å²) >= 11 is 0. The molecule has 0 bridgehead atoms. The number of rotatable bonds is 6. The third-order valence-electron chi connectivity index (χ3n) is 4.05. The van der Waals surface area contributed by atoms with E-state index in [0.29, 0.717) is 12.8 Å². The molecule has 0 heterocycles. The minimum Gasteiger partial charge on any atom is -0.544 e. The summed E-state index contributed by atoms with van der Waals surface area (Å²) in [6.45, 7) is 0.106. The first-order chi connectivity index (χ1) is 11.6. The molecule has 0 aliphatic heterocycles. The minimum atomic E-state index is -4.32. The molecule has 1 aromatic carbocycles. The van der Waals surface area contributed by atoms with E-state index in [1.54, 1.807) is 6.92 Å². The van der Waals surface area contributed by atoms with Crippen molar-refractivity contribution in [1.82, 2.24) is 0 Å². The molecule has 2 rings (SSSR count). The van der Waals surface area contributed by atoms with Crippen molar-refractivity contribution in [3.05, 3.63) is 35.4 Å². The van der Waals surface area contributed by atoms with E-state index in [1.165, 1.54) is 24.3 Å². The number of halogens is 2. The van der Waals surface area contributed by atoms with Crippen LogP contribution in [-0.2, 0) is 14.3 Å². The van der Waals surface area contributed by atoms with Crippen molar-refractivity contribution in [2.24, 2.45) is 0 Å². The van der Waals surface area contributed by atoms with Gasteiger partial charge in [0.05, 0.1) is 11.1 Å². The zero-order valence-corrected chi connectivity index (χ0v) is 13.6. The van der Waals surface area contributed by atoms with Gasteiger partial charge in [0.2, 0.25) is 0 Å². The molecule has 0 spiro atoms. The number of ether oxygens (including phenoxy) is 2. The van der Waals surface area contributed by atoms with E-state index in [-0.39, 0.29) is 11.1 Å².